The highest BCUT2D eigenvalue weighted by atomic mass is 79.9. The van der Waals surface area contributed by atoms with Gasteiger partial charge in [-0.1, -0.05) is 71.4 Å². The van der Waals surface area contributed by atoms with Crippen LogP contribution in [0.2, 0.25) is 0 Å². The number of para-hydroxylation sites is 2. The molecule has 3 aromatic carbocycles. The molecule has 0 radical (unpaired) electrons. The van der Waals surface area contributed by atoms with E-state index in [9.17, 15) is 4.79 Å². The van der Waals surface area contributed by atoms with E-state index < -0.39 is 6.10 Å². The molecule has 1 N–H and O–H groups in total. The number of anilines is 1. The van der Waals surface area contributed by atoms with Crippen molar-refractivity contribution in [2.24, 2.45) is 0 Å². The van der Waals surface area contributed by atoms with Crippen LogP contribution in [0.3, 0.4) is 0 Å². The Morgan fingerprint density at radius 3 is 2.39 bits per heavy atom. The second-order valence-electron chi connectivity index (χ2n) is 6.99. The first kappa shape index (κ1) is 20.9. The molecule has 31 heavy (non-hydrogen) atoms. The van der Waals surface area contributed by atoms with Crippen molar-refractivity contribution >= 4 is 27.7 Å². The van der Waals surface area contributed by atoms with Gasteiger partial charge in [0.05, 0.1) is 11.4 Å². The van der Waals surface area contributed by atoms with Gasteiger partial charge < -0.3 is 10.1 Å². The van der Waals surface area contributed by atoms with Crippen LogP contribution >= 0.6 is 15.9 Å². The molecule has 6 heteroatoms. The number of aromatic nitrogens is 2. The third-order valence-corrected chi connectivity index (χ3v) is 5.26. The van der Waals surface area contributed by atoms with Gasteiger partial charge in [0.2, 0.25) is 0 Å². The fourth-order valence-electron chi connectivity index (χ4n) is 3.22. The smallest absolute Gasteiger partial charge is 0.266 e. The van der Waals surface area contributed by atoms with Crippen molar-refractivity contribution in [3.05, 3.63) is 95.5 Å². The summed E-state index contributed by atoms with van der Waals surface area (Å²) in [7, 11) is 0. The molecule has 4 rings (SSSR count). The average Bonchev–Trinajstić information content (AvgIpc) is 3.22. The minimum absolute atomic E-state index is 0.218. The maximum absolute atomic E-state index is 13.0. The van der Waals surface area contributed by atoms with Gasteiger partial charge in [-0.3, -0.25) is 4.79 Å². The van der Waals surface area contributed by atoms with Crippen LogP contribution in [0.5, 0.6) is 5.75 Å². The molecule has 1 amide bonds. The molecule has 5 nitrogen and oxygen atoms in total. The Morgan fingerprint density at radius 2 is 1.71 bits per heavy atom. The molecular formula is C25H22BrN3O2. The molecule has 0 spiro atoms. The predicted octanol–water partition coefficient (Wildman–Crippen LogP) is 6.10. The number of carbonyl (C=O) groups is 1. The first-order chi connectivity index (χ1) is 15.1. The fourth-order valence-corrected chi connectivity index (χ4v) is 3.62. The minimum Gasteiger partial charge on any atom is -0.481 e. The maximum Gasteiger partial charge on any atom is 0.266 e. The summed E-state index contributed by atoms with van der Waals surface area (Å²) in [6.45, 7) is 1.93. The van der Waals surface area contributed by atoms with E-state index in [0.29, 0.717) is 18.0 Å². The van der Waals surface area contributed by atoms with Crippen LogP contribution in [-0.4, -0.2) is 21.8 Å². The average molecular weight is 476 g/mol. The van der Waals surface area contributed by atoms with Crippen molar-refractivity contribution in [1.29, 1.82) is 0 Å². The van der Waals surface area contributed by atoms with Crippen LogP contribution in [0.15, 0.2) is 95.5 Å². The molecule has 0 aliphatic rings. The van der Waals surface area contributed by atoms with Gasteiger partial charge in [-0.05, 0) is 42.8 Å². The Hall–Kier alpha value is -3.38. The van der Waals surface area contributed by atoms with Gasteiger partial charge in [0.15, 0.2) is 6.10 Å². The Morgan fingerprint density at radius 1 is 1.00 bits per heavy atom. The van der Waals surface area contributed by atoms with Crippen molar-refractivity contribution < 1.29 is 9.53 Å². The summed E-state index contributed by atoms with van der Waals surface area (Å²) in [5.74, 6) is 1.03. The molecule has 0 fully saturated rings. The lowest BCUT2D eigenvalue weighted by molar-refractivity contribution is -0.122. The fraction of sp³-hybridized carbons (Fsp3) is 0.120. The molecule has 0 unspecified atom stereocenters. The number of nitrogens with zero attached hydrogens (tertiary/aromatic N) is 2. The van der Waals surface area contributed by atoms with Gasteiger partial charge >= 0.3 is 0 Å². The van der Waals surface area contributed by atoms with E-state index >= 15 is 0 Å². The van der Waals surface area contributed by atoms with Crippen LogP contribution in [0.4, 0.5) is 5.82 Å². The lowest BCUT2D eigenvalue weighted by Crippen LogP contribution is -2.33. The first-order valence-corrected chi connectivity index (χ1v) is 10.9. The highest BCUT2D eigenvalue weighted by Gasteiger charge is 2.21. The lowest BCUT2D eigenvalue weighted by Gasteiger charge is -2.17. The van der Waals surface area contributed by atoms with E-state index in [1.807, 2.05) is 97.9 Å². The SMILES string of the molecule is CC[C@@H](Oc1ccccc1)C(=O)Nc1cc(-c2cccc(Br)c2)nn1-c1ccccc1. The predicted molar refractivity (Wildman–Crippen MR) is 126 cm³/mol. The zero-order valence-corrected chi connectivity index (χ0v) is 18.6. The monoisotopic (exact) mass is 475 g/mol. The van der Waals surface area contributed by atoms with Crippen LogP contribution in [0.1, 0.15) is 13.3 Å². The largest absolute Gasteiger partial charge is 0.481 e. The van der Waals surface area contributed by atoms with Crippen molar-refractivity contribution in [3.8, 4) is 22.7 Å². The van der Waals surface area contributed by atoms with Crippen LogP contribution < -0.4 is 10.1 Å². The molecular weight excluding hydrogens is 454 g/mol. The van der Waals surface area contributed by atoms with Crippen LogP contribution in [-0.2, 0) is 4.79 Å². The summed E-state index contributed by atoms with van der Waals surface area (Å²) in [5, 5.41) is 7.76. The maximum atomic E-state index is 13.0. The molecule has 0 saturated carbocycles. The normalized spacial score (nSPS) is 11.7. The van der Waals surface area contributed by atoms with E-state index in [4.69, 9.17) is 9.84 Å². The van der Waals surface area contributed by atoms with Crippen molar-refractivity contribution in [2.45, 2.75) is 19.4 Å². The third-order valence-electron chi connectivity index (χ3n) is 4.77. The highest BCUT2D eigenvalue weighted by Crippen LogP contribution is 2.27. The Balaban J connectivity index is 1.65. The number of ether oxygens (including phenoxy) is 1. The number of hydrogen-bond donors (Lipinski definition) is 1. The summed E-state index contributed by atoms with van der Waals surface area (Å²) in [5.41, 5.74) is 2.57. The summed E-state index contributed by atoms with van der Waals surface area (Å²) >= 11 is 3.51. The summed E-state index contributed by atoms with van der Waals surface area (Å²) in [6.07, 6.45) is -0.0746. The zero-order chi connectivity index (χ0) is 21.6. The number of hydrogen-bond acceptors (Lipinski definition) is 3. The summed E-state index contributed by atoms with van der Waals surface area (Å²) in [4.78, 5) is 13.0. The van der Waals surface area contributed by atoms with Crippen LogP contribution in [0.25, 0.3) is 16.9 Å². The van der Waals surface area contributed by atoms with Gasteiger partial charge in [-0.25, -0.2) is 4.68 Å². The van der Waals surface area contributed by atoms with Crippen LogP contribution in [0, 0.1) is 0 Å². The second kappa shape index (κ2) is 9.62. The molecule has 4 aromatic rings. The number of benzene rings is 3. The Labute approximate surface area is 189 Å². The summed E-state index contributed by atoms with van der Waals surface area (Å²) in [6, 6.07) is 28.9. The van der Waals surface area contributed by atoms with Crippen molar-refractivity contribution in [1.82, 2.24) is 9.78 Å². The molecule has 0 bridgehead atoms. The number of halogens is 1. The topological polar surface area (TPSA) is 56.1 Å². The zero-order valence-electron chi connectivity index (χ0n) is 17.0. The van der Waals surface area contributed by atoms with Gasteiger partial charge in [-0.15, -0.1) is 0 Å². The Kier molecular flexibility index (Phi) is 6.48. The molecule has 1 heterocycles. The van der Waals surface area contributed by atoms with E-state index in [0.717, 1.165) is 21.4 Å². The van der Waals surface area contributed by atoms with E-state index in [1.165, 1.54) is 0 Å². The molecule has 156 valence electrons. The van der Waals surface area contributed by atoms with Gasteiger partial charge in [0.25, 0.3) is 5.91 Å². The number of nitrogens with one attached hydrogen (secondary N) is 1. The molecule has 0 aliphatic heterocycles. The highest BCUT2D eigenvalue weighted by molar-refractivity contribution is 9.10. The first-order valence-electron chi connectivity index (χ1n) is 10.1. The minimum atomic E-state index is -0.615. The van der Waals surface area contributed by atoms with Gasteiger partial charge in [-0.2, -0.15) is 5.10 Å². The third kappa shape index (κ3) is 5.03. The number of rotatable bonds is 7. The molecule has 1 atom stereocenters. The summed E-state index contributed by atoms with van der Waals surface area (Å²) < 4.78 is 8.61. The Bertz CT molecular complexity index is 1160. The van der Waals surface area contributed by atoms with E-state index in [1.54, 1.807) is 4.68 Å². The standard InChI is InChI=1S/C25H22BrN3O2/c1-2-23(31-21-14-7-4-8-15-21)25(30)27-24-17-22(18-10-9-11-19(26)16-18)28-29(24)20-12-5-3-6-13-20/h3-17,23H,2H2,1H3,(H,27,30)/t23-/m1/s1. The van der Waals surface area contributed by atoms with E-state index in [-0.39, 0.29) is 5.91 Å². The molecule has 1 aromatic heterocycles. The van der Waals surface area contributed by atoms with Crippen molar-refractivity contribution in [3.63, 3.8) is 0 Å². The van der Waals surface area contributed by atoms with Crippen molar-refractivity contribution in [2.75, 3.05) is 5.32 Å². The second-order valence-corrected chi connectivity index (χ2v) is 7.91. The lowest BCUT2D eigenvalue weighted by atomic mass is 10.1. The van der Waals surface area contributed by atoms with Gasteiger partial charge in [0, 0.05) is 16.1 Å². The molecule has 0 aliphatic carbocycles. The van der Waals surface area contributed by atoms with E-state index in [2.05, 4.69) is 21.2 Å². The number of carbonyl (C=O) groups excluding carboxylic acids is 1. The van der Waals surface area contributed by atoms with Gasteiger partial charge in [0.1, 0.15) is 11.6 Å². The quantitative estimate of drug-likeness (QED) is 0.351. The molecule has 0 saturated heterocycles. The number of amides is 1.